The summed E-state index contributed by atoms with van der Waals surface area (Å²) in [5, 5.41) is 0. The zero-order chi connectivity index (χ0) is 13.3. The van der Waals surface area contributed by atoms with E-state index in [2.05, 4.69) is 4.72 Å². The summed E-state index contributed by atoms with van der Waals surface area (Å²) in [7, 11) is 0.122. The molecule has 1 aliphatic rings. The lowest BCUT2D eigenvalue weighted by Gasteiger charge is -2.45. The molecule has 0 aromatic rings. The summed E-state index contributed by atoms with van der Waals surface area (Å²) >= 11 is 0. The van der Waals surface area contributed by atoms with Crippen LogP contribution in [0, 0.1) is 5.92 Å². The second-order valence-corrected chi connectivity index (χ2v) is 7.34. The molecule has 0 spiro atoms. The van der Waals surface area contributed by atoms with Crippen LogP contribution in [0.3, 0.4) is 0 Å². The number of methoxy groups -OCH3 is 1. The summed E-state index contributed by atoms with van der Waals surface area (Å²) in [6, 6.07) is 0. The van der Waals surface area contributed by atoms with Crippen molar-refractivity contribution in [1.29, 1.82) is 0 Å². The SMILES string of the molecule is COC(=O)[C@H](C)C1(N[S@](=O)C(C)(C)C)COC1. The van der Waals surface area contributed by atoms with Crippen molar-refractivity contribution >= 4 is 17.0 Å². The first kappa shape index (κ1) is 14.6. The number of ether oxygens (including phenoxy) is 2. The molecule has 0 radical (unpaired) electrons. The van der Waals surface area contributed by atoms with Gasteiger partial charge in [0.1, 0.15) is 0 Å². The summed E-state index contributed by atoms with van der Waals surface area (Å²) in [5.74, 6) is -0.695. The molecule has 2 atom stereocenters. The highest BCUT2D eigenvalue weighted by Crippen LogP contribution is 2.29. The van der Waals surface area contributed by atoms with E-state index < -0.39 is 16.5 Å². The molecule has 1 rings (SSSR count). The summed E-state index contributed by atoms with van der Waals surface area (Å²) in [6.45, 7) is 8.17. The fraction of sp³-hybridized carbons (Fsp3) is 0.909. The molecule has 1 N–H and O–H groups in total. The van der Waals surface area contributed by atoms with Gasteiger partial charge < -0.3 is 9.47 Å². The zero-order valence-electron chi connectivity index (χ0n) is 11.0. The standard InChI is InChI=1S/C11H21NO4S/c1-8(9(13)15-5)11(6-16-7-11)12-17(14)10(2,3)4/h8,12H,6-7H2,1-5H3/t8-,17+/m0/s1. The van der Waals surface area contributed by atoms with Crippen LogP contribution in [0.5, 0.6) is 0 Å². The van der Waals surface area contributed by atoms with E-state index >= 15 is 0 Å². The van der Waals surface area contributed by atoms with Gasteiger partial charge in [-0.15, -0.1) is 0 Å². The van der Waals surface area contributed by atoms with E-state index in [1.54, 1.807) is 6.92 Å². The Kier molecular flexibility index (Phi) is 4.33. The van der Waals surface area contributed by atoms with Gasteiger partial charge in [-0.3, -0.25) is 4.79 Å². The second-order valence-electron chi connectivity index (χ2n) is 5.38. The lowest BCUT2D eigenvalue weighted by atomic mass is 9.84. The summed E-state index contributed by atoms with van der Waals surface area (Å²) in [6.07, 6.45) is 0. The molecule has 1 aliphatic heterocycles. The largest absolute Gasteiger partial charge is 0.469 e. The van der Waals surface area contributed by atoms with Gasteiger partial charge in [-0.1, -0.05) is 0 Å². The molecule has 100 valence electrons. The second kappa shape index (κ2) is 5.04. The Balaban J connectivity index is 2.77. The van der Waals surface area contributed by atoms with Crippen molar-refractivity contribution in [2.75, 3.05) is 20.3 Å². The average molecular weight is 263 g/mol. The fourth-order valence-electron chi connectivity index (χ4n) is 1.46. The van der Waals surface area contributed by atoms with Crippen LogP contribution < -0.4 is 4.72 Å². The van der Waals surface area contributed by atoms with Gasteiger partial charge in [0.25, 0.3) is 0 Å². The molecule has 1 fully saturated rings. The highest BCUT2D eigenvalue weighted by Gasteiger charge is 2.49. The smallest absolute Gasteiger partial charge is 0.310 e. The van der Waals surface area contributed by atoms with Crippen molar-refractivity contribution in [3.8, 4) is 0 Å². The molecule has 0 aromatic carbocycles. The highest BCUT2D eigenvalue weighted by molar-refractivity contribution is 7.84. The molecular formula is C11H21NO4S. The van der Waals surface area contributed by atoms with Gasteiger partial charge in [-0.25, -0.2) is 8.93 Å². The minimum Gasteiger partial charge on any atom is -0.469 e. The normalized spacial score (nSPS) is 22.4. The van der Waals surface area contributed by atoms with Crippen LogP contribution in [0.25, 0.3) is 0 Å². The van der Waals surface area contributed by atoms with Crippen LogP contribution in [0.1, 0.15) is 27.7 Å². The number of carbonyl (C=O) groups excluding carboxylic acids is 1. The molecule has 1 saturated heterocycles. The van der Waals surface area contributed by atoms with Gasteiger partial charge in [0.05, 0.1) is 47.5 Å². The molecule has 0 amide bonds. The number of hydrogen-bond acceptors (Lipinski definition) is 4. The lowest BCUT2D eigenvalue weighted by molar-refractivity contribution is -0.158. The number of hydrogen-bond donors (Lipinski definition) is 1. The highest BCUT2D eigenvalue weighted by atomic mass is 32.2. The molecule has 0 saturated carbocycles. The minimum absolute atomic E-state index is 0.313. The third-order valence-electron chi connectivity index (χ3n) is 2.96. The van der Waals surface area contributed by atoms with Crippen LogP contribution >= 0.6 is 0 Å². The summed E-state index contributed by atoms with van der Waals surface area (Å²) in [4.78, 5) is 11.6. The Hall–Kier alpha value is -0.460. The van der Waals surface area contributed by atoms with Gasteiger partial charge in [0.2, 0.25) is 0 Å². The topological polar surface area (TPSA) is 64.6 Å². The van der Waals surface area contributed by atoms with Crippen LogP contribution in [0.2, 0.25) is 0 Å². The molecule has 0 aromatic heterocycles. The molecule has 0 aliphatic carbocycles. The lowest BCUT2D eigenvalue weighted by Crippen LogP contribution is -2.67. The molecule has 6 heteroatoms. The van der Waals surface area contributed by atoms with E-state index in [0.29, 0.717) is 13.2 Å². The van der Waals surface area contributed by atoms with E-state index in [1.165, 1.54) is 7.11 Å². The maximum atomic E-state index is 12.1. The Labute approximate surface area is 105 Å². The van der Waals surface area contributed by atoms with Crippen molar-refractivity contribution in [2.24, 2.45) is 5.92 Å². The van der Waals surface area contributed by atoms with Crippen molar-refractivity contribution in [2.45, 2.75) is 38.0 Å². The van der Waals surface area contributed by atoms with Crippen molar-refractivity contribution in [1.82, 2.24) is 4.72 Å². The number of rotatable bonds is 4. The maximum absolute atomic E-state index is 12.1. The Bertz CT molecular complexity index is 320. The summed E-state index contributed by atoms with van der Waals surface area (Å²) < 4.78 is 24.6. The monoisotopic (exact) mass is 263 g/mol. The predicted octanol–water partition coefficient (Wildman–Crippen LogP) is 0.616. The van der Waals surface area contributed by atoms with Gasteiger partial charge in [0, 0.05) is 0 Å². The van der Waals surface area contributed by atoms with E-state index in [4.69, 9.17) is 9.47 Å². The predicted molar refractivity (Wildman–Crippen MR) is 65.8 cm³/mol. The van der Waals surface area contributed by atoms with E-state index in [-0.39, 0.29) is 16.6 Å². The van der Waals surface area contributed by atoms with E-state index in [0.717, 1.165) is 0 Å². The quantitative estimate of drug-likeness (QED) is 0.755. The van der Waals surface area contributed by atoms with Gasteiger partial charge in [-0.05, 0) is 27.7 Å². The van der Waals surface area contributed by atoms with Crippen LogP contribution in [0.15, 0.2) is 0 Å². The Morgan fingerprint density at radius 1 is 1.47 bits per heavy atom. The first-order valence-electron chi connectivity index (χ1n) is 5.58. The van der Waals surface area contributed by atoms with Crippen LogP contribution in [-0.4, -0.2) is 40.8 Å². The van der Waals surface area contributed by atoms with E-state index in [1.807, 2.05) is 20.8 Å². The van der Waals surface area contributed by atoms with Gasteiger partial charge in [0.15, 0.2) is 0 Å². The van der Waals surface area contributed by atoms with Crippen LogP contribution in [-0.2, 0) is 25.3 Å². The van der Waals surface area contributed by atoms with Crippen molar-refractivity contribution in [3.63, 3.8) is 0 Å². The fourth-order valence-corrected chi connectivity index (χ4v) is 2.43. The third kappa shape index (κ3) is 3.05. The van der Waals surface area contributed by atoms with Crippen LogP contribution in [0.4, 0.5) is 0 Å². The third-order valence-corrected chi connectivity index (χ3v) is 4.66. The number of esters is 1. The summed E-state index contributed by atoms with van der Waals surface area (Å²) in [5.41, 5.74) is -0.564. The molecule has 0 unspecified atom stereocenters. The molecular weight excluding hydrogens is 242 g/mol. The van der Waals surface area contributed by atoms with E-state index in [9.17, 15) is 9.00 Å². The maximum Gasteiger partial charge on any atom is 0.310 e. The Morgan fingerprint density at radius 2 is 2.00 bits per heavy atom. The molecule has 1 heterocycles. The number of nitrogens with one attached hydrogen (secondary N) is 1. The zero-order valence-corrected chi connectivity index (χ0v) is 11.8. The Morgan fingerprint density at radius 3 is 2.29 bits per heavy atom. The first-order valence-corrected chi connectivity index (χ1v) is 6.73. The molecule has 0 bridgehead atoms. The average Bonchev–Trinajstić information content (AvgIpc) is 2.19. The first-order chi connectivity index (χ1) is 7.73. The molecule has 17 heavy (non-hydrogen) atoms. The van der Waals surface area contributed by atoms with Gasteiger partial charge in [-0.2, -0.15) is 0 Å². The van der Waals surface area contributed by atoms with Crippen molar-refractivity contribution < 1.29 is 18.5 Å². The number of carbonyl (C=O) groups is 1. The van der Waals surface area contributed by atoms with Gasteiger partial charge >= 0.3 is 5.97 Å². The van der Waals surface area contributed by atoms with Crippen molar-refractivity contribution in [3.05, 3.63) is 0 Å². The minimum atomic E-state index is -1.23. The molecule has 5 nitrogen and oxygen atoms in total.